The van der Waals surface area contributed by atoms with E-state index in [0.717, 1.165) is 50.2 Å². The summed E-state index contributed by atoms with van der Waals surface area (Å²) in [5.74, 6) is 3.48. The van der Waals surface area contributed by atoms with Gasteiger partial charge in [0.1, 0.15) is 46.3 Å². The Bertz CT molecular complexity index is 2360. The molecule has 2 aliphatic carbocycles. The second-order valence-corrected chi connectivity index (χ2v) is 18.2. The van der Waals surface area contributed by atoms with Gasteiger partial charge in [0, 0.05) is 26.2 Å². The molecular formula is C44H55ClF6N12O4. The third kappa shape index (κ3) is 12.4. The molecule has 0 aromatic carbocycles. The SMILES string of the molecule is Cc1nc(Cl)nc2c1NC(=O)[C@H](C(C)C)N2C.Cc1nc(NC2CC(COc3ccc(C(F)(F)F)nc3)C2)nc2c1NC(=O)[C@H](C(C)C)N2C.NC1CC(COc2ccc(C(F)(F)F)nc2)C1. The van der Waals surface area contributed by atoms with Crippen molar-refractivity contribution in [2.24, 2.45) is 29.4 Å². The van der Waals surface area contributed by atoms with Gasteiger partial charge in [-0.15, -0.1) is 0 Å². The molecule has 4 aromatic heterocycles. The van der Waals surface area contributed by atoms with Crippen molar-refractivity contribution < 1.29 is 45.4 Å². The van der Waals surface area contributed by atoms with E-state index in [4.69, 9.17) is 26.8 Å². The minimum atomic E-state index is -4.46. The number of nitrogens with zero attached hydrogens (tertiary/aromatic N) is 8. The molecule has 2 saturated carbocycles. The zero-order chi connectivity index (χ0) is 49.1. The van der Waals surface area contributed by atoms with E-state index in [0.29, 0.717) is 71.0 Å². The fourth-order valence-electron chi connectivity index (χ4n) is 8.25. The fraction of sp³-hybridized carbons (Fsp3) is 0.545. The summed E-state index contributed by atoms with van der Waals surface area (Å²) < 4.78 is 85.4. The van der Waals surface area contributed by atoms with Gasteiger partial charge in [-0.25, -0.2) is 19.9 Å². The van der Waals surface area contributed by atoms with Crippen molar-refractivity contribution in [3.63, 3.8) is 0 Å². The summed E-state index contributed by atoms with van der Waals surface area (Å²) in [5.41, 5.74) is 6.43. The van der Waals surface area contributed by atoms with E-state index in [1.54, 1.807) is 6.92 Å². The zero-order valence-corrected chi connectivity index (χ0v) is 39.0. The largest absolute Gasteiger partial charge is 0.492 e. The van der Waals surface area contributed by atoms with Crippen LogP contribution in [0.1, 0.15) is 76.2 Å². The molecule has 23 heteroatoms. The highest BCUT2D eigenvalue weighted by molar-refractivity contribution is 6.28. The summed E-state index contributed by atoms with van der Waals surface area (Å²) in [6.07, 6.45) is -3.19. The van der Waals surface area contributed by atoms with Crippen molar-refractivity contribution in [3.05, 3.63) is 64.7 Å². The van der Waals surface area contributed by atoms with Gasteiger partial charge >= 0.3 is 12.4 Å². The van der Waals surface area contributed by atoms with Crippen molar-refractivity contribution in [2.75, 3.05) is 53.1 Å². The van der Waals surface area contributed by atoms with Crippen LogP contribution in [0, 0.1) is 37.5 Å². The Kier molecular flexibility index (Phi) is 15.6. The van der Waals surface area contributed by atoms with Crippen LogP contribution in [0.4, 0.5) is 55.3 Å². The Labute approximate surface area is 389 Å². The molecule has 6 heterocycles. The number of hydrogen-bond donors (Lipinski definition) is 4. The van der Waals surface area contributed by atoms with Crippen molar-refractivity contribution >= 4 is 52.4 Å². The number of carbonyl (C=O) groups excluding carboxylic acids is 2. The molecular weight excluding hydrogens is 910 g/mol. The molecule has 2 atom stereocenters. The van der Waals surface area contributed by atoms with Crippen LogP contribution in [0.3, 0.4) is 0 Å². The third-order valence-corrected chi connectivity index (χ3v) is 11.9. The zero-order valence-electron chi connectivity index (χ0n) is 38.3. The van der Waals surface area contributed by atoms with Crippen molar-refractivity contribution in [1.82, 2.24) is 29.9 Å². The molecule has 8 rings (SSSR count). The molecule has 0 unspecified atom stereocenters. The van der Waals surface area contributed by atoms with Crippen LogP contribution < -0.4 is 41.0 Å². The van der Waals surface area contributed by atoms with Gasteiger partial charge in [-0.3, -0.25) is 9.59 Å². The minimum Gasteiger partial charge on any atom is -0.492 e. The summed E-state index contributed by atoms with van der Waals surface area (Å²) in [5, 5.41) is 9.33. The number of alkyl halides is 6. The first-order valence-electron chi connectivity index (χ1n) is 21.7. The average Bonchev–Trinajstić information content (AvgIpc) is 3.21. The average molecular weight is 965 g/mol. The first kappa shape index (κ1) is 50.6. The number of halogens is 7. The maximum atomic E-state index is 12.6. The summed E-state index contributed by atoms with van der Waals surface area (Å²) in [7, 11) is 3.72. The van der Waals surface area contributed by atoms with E-state index in [2.05, 4.69) is 45.9 Å². The molecule has 16 nitrogen and oxygen atoms in total. The van der Waals surface area contributed by atoms with Gasteiger partial charge < -0.3 is 41.0 Å². The quantitative estimate of drug-likeness (QED) is 0.0882. The molecule has 0 saturated heterocycles. The van der Waals surface area contributed by atoms with E-state index < -0.39 is 23.7 Å². The third-order valence-electron chi connectivity index (χ3n) is 11.8. The molecule has 0 bridgehead atoms. The van der Waals surface area contributed by atoms with Gasteiger partial charge in [0.05, 0.1) is 37.0 Å². The lowest BCUT2D eigenvalue weighted by molar-refractivity contribution is -0.142. The van der Waals surface area contributed by atoms with Crippen molar-refractivity contribution in [2.45, 2.75) is 104 Å². The number of likely N-dealkylation sites (N-methyl/N-ethyl adjacent to an activating group) is 2. The number of ether oxygens (including phenoxy) is 2. The molecule has 0 spiro atoms. The van der Waals surface area contributed by atoms with Crippen LogP contribution in [0.5, 0.6) is 11.5 Å². The maximum absolute atomic E-state index is 12.6. The fourth-order valence-corrected chi connectivity index (χ4v) is 8.46. The van der Waals surface area contributed by atoms with Crippen molar-refractivity contribution in [3.8, 4) is 11.5 Å². The number of rotatable bonds is 10. The van der Waals surface area contributed by atoms with Crippen LogP contribution >= 0.6 is 11.6 Å². The van der Waals surface area contributed by atoms with Gasteiger partial charge in [-0.1, -0.05) is 27.7 Å². The number of carbonyl (C=O) groups is 2. The monoisotopic (exact) mass is 964 g/mol. The molecule has 2 amide bonds. The van der Waals surface area contributed by atoms with E-state index in [9.17, 15) is 35.9 Å². The molecule has 2 aliphatic heterocycles. The predicted molar refractivity (Wildman–Crippen MR) is 240 cm³/mol. The molecule has 4 aromatic rings. The molecule has 2 fully saturated rings. The highest BCUT2D eigenvalue weighted by atomic mass is 35.5. The van der Waals surface area contributed by atoms with Crippen molar-refractivity contribution in [1.29, 1.82) is 0 Å². The topological polar surface area (TPSA) is 199 Å². The minimum absolute atomic E-state index is 0.0241. The predicted octanol–water partition coefficient (Wildman–Crippen LogP) is 7.95. The van der Waals surface area contributed by atoms with Gasteiger partial charge in [-0.05, 0) is 99.1 Å². The molecule has 364 valence electrons. The van der Waals surface area contributed by atoms with E-state index in [1.807, 2.05) is 58.5 Å². The Hall–Kier alpha value is -5.77. The number of nitrogens with two attached hydrogens (primary N) is 1. The van der Waals surface area contributed by atoms with E-state index in [-0.39, 0.29) is 59.0 Å². The van der Waals surface area contributed by atoms with Gasteiger partial charge in [-0.2, -0.15) is 36.3 Å². The number of pyridine rings is 2. The number of fused-ring (bicyclic) bond motifs is 2. The normalized spacial score (nSPS) is 22.1. The Morgan fingerprint density at radius 1 is 0.716 bits per heavy atom. The lowest BCUT2D eigenvalue weighted by Crippen LogP contribution is -2.50. The van der Waals surface area contributed by atoms with Gasteiger partial charge in [0.25, 0.3) is 0 Å². The molecule has 67 heavy (non-hydrogen) atoms. The standard InChI is InChI=1S/C22H27F3N6O2.C11H15ClN4O.C11H13F3N2O/c1-11(2)18-20(32)29-17-12(3)27-21(30-19(17)31(18)4)28-14-7-13(8-14)10-33-15-5-6-16(26-9-15)22(23,24)25;1-5(2)8-10(17)14-7-6(3)13-11(12)15-9(7)16(8)4;12-11(13,14)10-2-1-9(5-16-10)17-6-7-3-8(15)4-7/h5-6,9,11,13-14,18H,7-8,10H2,1-4H3,(H,29,32)(H,27,28,30);5,8H,1-4H3,(H,14,17);1-2,5,7-8H,3-4,6,15H2/t13?,14?,18-;8-;/m00./s1. The second-order valence-electron chi connectivity index (χ2n) is 17.8. The Balaban J connectivity index is 0.000000183. The number of anilines is 5. The van der Waals surface area contributed by atoms with E-state index in [1.165, 1.54) is 12.1 Å². The first-order chi connectivity index (χ1) is 31.4. The maximum Gasteiger partial charge on any atom is 0.433 e. The number of aryl methyl sites for hydroxylation is 2. The summed E-state index contributed by atoms with van der Waals surface area (Å²) in [4.78, 5) is 52.3. The van der Waals surface area contributed by atoms with Crippen LogP contribution in [0.25, 0.3) is 0 Å². The number of aromatic nitrogens is 6. The highest BCUT2D eigenvalue weighted by Gasteiger charge is 2.38. The Morgan fingerprint density at radius 3 is 1.55 bits per heavy atom. The molecule has 0 radical (unpaired) electrons. The smallest absolute Gasteiger partial charge is 0.433 e. The molecule has 5 N–H and O–H groups in total. The number of hydrogen-bond acceptors (Lipinski definition) is 14. The summed E-state index contributed by atoms with van der Waals surface area (Å²) in [6.45, 7) is 12.5. The van der Waals surface area contributed by atoms with Crippen LogP contribution in [0.2, 0.25) is 5.28 Å². The second kappa shape index (κ2) is 20.6. The number of nitrogens with one attached hydrogen (secondary N) is 3. The van der Waals surface area contributed by atoms with E-state index >= 15 is 0 Å². The molecule has 4 aliphatic rings. The lowest BCUT2D eigenvalue weighted by atomic mass is 9.81. The first-order valence-corrected chi connectivity index (χ1v) is 22.1. The lowest BCUT2D eigenvalue weighted by Gasteiger charge is -2.38. The summed E-state index contributed by atoms with van der Waals surface area (Å²) >= 11 is 5.85. The van der Waals surface area contributed by atoms with Crippen LogP contribution in [0.15, 0.2) is 36.7 Å². The van der Waals surface area contributed by atoms with Crippen LogP contribution in [-0.2, 0) is 21.9 Å². The summed E-state index contributed by atoms with van der Waals surface area (Å²) in [6, 6.07) is 4.29. The Morgan fingerprint density at radius 2 is 1.15 bits per heavy atom. The van der Waals surface area contributed by atoms with Gasteiger partial charge in [0.2, 0.25) is 23.0 Å². The van der Waals surface area contributed by atoms with Gasteiger partial charge in [0.15, 0.2) is 11.6 Å². The number of amides is 2. The van der Waals surface area contributed by atoms with Crippen LogP contribution in [-0.4, -0.2) is 93.2 Å². The highest BCUT2D eigenvalue weighted by Crippen LogP contribution is 2.37.